The number of hydrogen-bond acceptors (Lipinski definition) is 4. The molecule has 2 amide bonds. The molecule has 1 saturated heterocycles. The minimum absolute atomic E-state index is 0.0283. The van der Waals surface area contributed by atoms with E-state index in [1.165, 1.54) is 0 Å². The number of ether oxygens (including phenoxy) is 1. The average molecular weight is 303 g/mol. The summed E-state index contributed by atoms with van der Waals surface area (Å²) in [6.45, 7) is 1.45. The summed E-state index contributed by atoms with van der Waals surface area (Å²) < 4.78 is 5.68. The molecule has 1 aromatic carbocycles. The number of nitrogens with zero attached hydrogens (tertiary/aromatic N) is 1. The summed E-state index contributed by atoms with van der Waals surface area (Å²) in [4.78, 5) is 26.3. The normalized spacial score (nSPS) is 24.2. The number of rotatable bonds is 3. The van der Waals surface area contributed by atoms with Gasteiger partial charge in [-0.3, -0.25) is 9.59 Å². The van der Waals surface area contributed by atoms with E-state index in [0.717, 1.165) is 19.4 Å². The molecule has 1 aromatic rings. The first-order chi connectivity index (χ1) is 10.7. The van der Waals surface area contributed by atoms with Crippen LogP contribution in [0.15, 0.2) is 24.3 Å². The van der Waals surface area contributed by atoms with Crippen LogP contribution >= 0.6 is 0 Å². The second-order valence-corrected chi connectivity index (χ2v) is 5.76. The highest BCUT2D eigenvalue weighted by Crippen LogP contribution is 2.29. The van der Waals surface area contributed by atoms with Crippen molar-refractivity contribution in [2.75, 3.05) is 25.5 Å². The summed E-state index contributed by atoms with van der Waals surface area (Å²) in [5.41, 5.74) is 0.657. The fraction of sp³-hybridized carbons (Fsp3) is 0.500. The third kappa shape index (κ3) is 3.06. The Kier molecular flexibility index (Phi) is 4.29. The van der Waals surface area contributed by atoms with E-state index in [1.54, 1.807) is 12.1 Å². The molecule has 2 heterocycles. The number of carbonyl (C=O) groups is 2. The van der Waals surface area contributed by atoms with Crippen molar-refractivity contribution in [2.45, 2.75) is 31.4 Å². The van der Waals surface area contributed by atoms with Crippen LogP contribution < -0.4 is 15.4 Å². The summed E-state index contributed by atoms with van der Waals surface area (Å²) in [5, 5.41) is 6.00. The van der Waals surface area contributed by atoms with Crippen LogP contribution in [-0.4, -0.2) is 49.0 Å². The van der Waals surface area contributed by atoms with Crippen molar-refractivity contribution in [3.05, 3.63) is 24.3 Å². The number of carbonyl (C=O) groups excluding carboxylic acids is 2. The highest BCUT2D eigenvalue weighted by molar-refractivity contribution is 5.99. The number of likely N-dealkylation sites (tertiary alicyclic amines) is 1. The zero-order chi connectivity index (χ0) is 15.5. The van der Waals surface area contributed by atoms with E-state index in [-0.39, 0.29) is 18.2 Å². The monoisotopic (exact) mass is 303 g/mol. The lowest BCUT2D eigenvalue weighted by atomic mass is 10.0. The number of piperidine rings is 1. The Morgan fingerprint density at radius 1 is 1.45 bits per heavy atom. The van der Waals surface area contributed by atoms with E-state index in [2.05, 4.69) is 10.6 Å². The van der Waals surface area contributed by atoms with Gasteiger partial charge in [0, 0.05) is 19.1 Å². The fourth-order valence-electron chi connectivity index (χ4n) is 2.95. The third-order valence-electron chi connectivity index (χ3n) is 4.25. The Hall–Kier alpha value is -2.08. The van der Waals surface area contributed by atoms with Crippen molar-refractivity contribution in [1.82, 2.24) is 10.2 Å². The smallest absolute Gasteiger partial charge is 0.266 e. The van der Waals surface area contributed by atoms with E-state index in [0.29, 0.717) is 24.0 Å². The molecule has 2 N–H and O–H groups in total. The van der Waals surface area contributed by atoms with Gasteiger partial charge in [-0.2, -0.15) is 0 Å². The molecule has 1 fully saturated rings. The topological polar surface area (TPSA) is 70.7 Å². The first kappa shape index (κ1) is 14.8. The summed E-state index contributed by atoms with van der Waals surface area (Å²) in [6.07, 6.45) is 1.39. The summed E-state index contributed by atoms with van der Waals surface area (Å²) in [7, 11) is 1.91. The Bertz CT molecular complexity index is 576. The summed E-state index contributed by atoms with van der Waals surface area (Å²) >= 11 is 0. The van der Waals surface area contributed by atoms with Crippen molar-refractivity contribution in [2.24, 2.45) is 0 Å². The van der Waals surface area contributed by atoms with Gasteiger partial charge in [-0.05, 0) is 32.0 Å². The van der Waals surface area contributed by atoms with Gasteiger partial charge >= 0.3 is 0 Å². The van der Waals surface area contributed by atoms with Gasteiger partial charge in [0.05, 0.1) is 12.1 Å². The van der Waals surface area contributed by atoms with Gasteiger partial charge in [-0.1, -0.05) is 12.1 Å². The van der Waals surface area contributed by atoms with E-state index in [9.17, 15) is 9.59 Å². The minimum Gasteiger partial charge on any atom is -0.478 e. The highest BCUT2D eigenvalue weighted by atomic mass is 16.5. The summed E-state index contributed by atoms with van der Waals surface area (Å²) in [5.74, 6) is 0.334. The molecular formula is C16H21N3O3. The molecule has 0 bridgehead atoms. The number of fused-ring (bicyclic) bond motifs is 1. The Morgan fingerprint density at radius 2 is 2.27 bits per heavy atom. The van der Waals surface area contributed by atoms with Gasteiger partial charge in [0.2, 0.25) is 5.91 Å². The maximum atomic E-state index is 12.4. The molecule has 0 aromatic heterocycles. The number of amides is 2. The SMILES string of the molecule is CNC1CCCN(C(=O)CC2Oc3ccccc3NC2=O)C1. The van der Waals surface area contributed by atoms with Crippen LogP contribution in [-0.2, 0) is 9.59 Å². The van der Waals surface area contributed by atoms with Crippen LogP contribution in [0.25, 0.3) is 0 Å². The van der Waals surface area contributed by atoms with Gasteiger partial charge in [0.15, 0.2) is 6.10 Å². The lowest BCUT2D eigenvalue weighted by Crippen LogP contribution is -2.49. The second kappa shape index (κ2) is 6.36. The Labute approximate surface area is 129 Å². The maximum Gasteiger partial charge on any atom is 0.266 e. The zero-order valence-electron chi connectivity index (χ0n) is 12.7. The van der Waals surface area contributed by atoms with E-state index in [4.69, 9.17) is 4.74 Å². The van der Waals surface area contributed by atoms with Crippen LogP contribution in [0, 0.1) is 0 Å². The molecular weight excluding hydrogens is 282 g/mol. The zero-order valence-corrected chi connectivity index (χ0v) is 12.7. The Balaban J connectivity index is 1.63. The van der Waals surface area contributed by atoms with Gasteiger partial charge in [0.1, 0.15) is 5.75 Å². The van der Waals surface area contributed by atoms with Crippen LogP contribution in [0.4, 0.5) is 5.69 Å². The lowest BCUT2D eigenvalue weighted by molar-refractivity contribution is -0.138. The molecule has 2 aliphatic rings. The van der Waals surface area contributed by atoms with Gasteiger partial charge in [-0.25, -0.2) is 0 Å². The number of anilines is 1. The Morgan fingerprint density at radius 3 is 3.09 bits per heavy atom. The molecule has 6 heteroatoms. The maximum absolute atomic E-state index is 12.4. The molecule has 6 nitrogen and oxygen atoms in total. The second-order valence-electron chi connectivity index (χ2n) is 5.76. The van der Waals surface area contributed by atoms with Crippen LogP contribution in [0.3, 0.4) is 0 Å². The van der Waals surface area contributed by atoms with Crippen LogP contribution in [0.1, 0.15) is 19.3 Å². The molecule has 0 saturated carbocycles. The van der Waals surface area contributed by atoms with Crippen molar-refractivity contribution < 1.29 is 14.3 Å². The predicted molar refractivity (Wildman–Crippen MR) is 82.8 cm³/mol. The molecule has 0 radical (unpaired) electrons. The molecule has 0 aliphatic carbocycles. The molecule has 22 heavy (non-hydrogen) atoms. The van der Waals surface area contributed by atoms with Crippen molar-refractivity contribution in [3.63, 3.8) is 0 Å². The average Bonchev–Trinajstić information content (AvgIpc) is 2.55. The highest BCUT2D eigenvalue weighted by Gasteiger charge is 2.32. The van der Waals surface area contributed by atoms with Gasteiger partial charge < -0.3 is 20.3 Å². The van der Waals surface area contributed by atoms with E-state index < -0.39 is 6.10 Å². The fourth-order valence-corrected chi connectivity index (χ4v) is 2.95. The molecule has 3 rings (SSSR count). The number of likely N-dealkylation sites (N-methyl/N-ethyl adjacent to an activating group) is 1. The molecule has 2 atom stereocenters. The first-order valence-electron chi connectivity index (χ1n) is 7.69. The molecule has 118 valence electrons. The number of nitrogens with one attached hydrogen (secondary N) is 2. The largest absolute Gasteiger partial charge is 0.478 e. The number of para-hydroxylation sites is 2. The minimum atomic E-state index is -0.752. The van der Waals surface area contributed by atoms with Gasteiger partial charge in [-0.15, -0.1) is 0 Å². The van der Waals surface area contributed by atoms with Crippen molar-refractivity contribution >= 4 is 17.5 Å². The lowest BCUT2D eigenvalue weighted by Gasteiger charge is -2.34. The quantitative estimate of drug-likeness (QED) is 0.873. The molecule has 0 spiro atoms. The van der Waals surface area contributed by atoms with Crippen LogP contribution in [0.2, 0.25) is 0 Å². The molecule has 2 aliphatic heterocycles. The molecule has 2 unspecified atom stereocenters. The van der Waals surface area contributed by atoms with E-state index >= 15 is 0 Å². The van der Waals surface area contributed by atoms with Gasteiger partial charge in [0.25, 0.3) is 5.91 Å². The van der Waals surface area contributed by atoms with Crippen molar-refractivity contribution in [1.29, 1.82) is 0 Å². The predicted octanol–water partition coefficient (Wildman–Crippen LogP) is 0.987. The summed E-state index contributed by atoms with van der Waals surface area (Å²) in [6, 6.07) is 7.59. The first-order valence-corrected chi connectivity index (χ1v) is 7.69. The standard InChI is InChI=1S/C16H21N3O3/c1-17-11-5-4-8-19(10-11)15(20)9-14-16(21)18-12-6-2-3-7-13(12)22-14/h2-3,6-7,11,14,17H,4-5,8-10H2,1H3,(H,18,21). The van der Waals surface area contributed by atoms with Crippen LogP contribution in [0.5, 0.6) is 5.75 Å². The number of hydrogen-bond donors (Lipinski definition) is 2. The van der Waals surface area contributed by atoms with E-state index in [1.807, 2.05) is 24.1 Å². The number of benzene rings is 1. The third-order valence-corrected chi connectivity index (χ3v) is 4.25. The van der Waals surface area contributed by atoms with Crippen molar-refractivity contribution in [3.8, 4) is 5.75 Å².